The lowest BCUT2D eigenvalue weighted by Gasteiger charge is -2.09. The topological polar surface area (TPSA) is 66.5 Å². The highest BCUT2D eigenvalue weighted by Gasteiger charge is 2.14. The van der Waals surface area contributed by atoms with Crippen LogP contribution in [-0.2, 0) is 0 Å². The smallest absolute Gasteiger partial charge is 0.186 e. The van der Waals surface area contributed by atoms with Gasteiger partial charge in [-0.3, -0.25) is 5.10 Å². The Bertz CT molecular complexity index is 1210. The molecule has 0 bridgehead atoms. The molecule has 134 valence electrons. The van der Waals surface area contributed by atoms with Gasteiger partial charge in [-0.25, -0.2) is 9.97 Å². The van der Waals surface area contributed by atoms with Gasteiger partial charge in [0.25, 0.3) is 0 Å². The standard InChI is InChI=1S/C23H17N5/c1-3-7-16(8-4-1)17-11-13-19(14-12-17)26-22-20-21(18-9-5-2-6-10-18)27-28-23(20)25-15-24-22/h1-15H,(H2,24,25,26,27,28). The maximum Gasteiger partial charge on any atom is 0.186 e. The van der Waals surface area contributed by atoms with Crippen molar-refractivity contribution < 1.29 is 0 Å². The Kier molecular flexibility index (Phi) is 4.03. The monoisotopic (exact) mass is 363 g/mol. The molecule has 28 heavy (non-hydrogen) atoms. The molecule has 2 heterocycles. The molecular weight excluding hydrogens is 346 g/mol. The third-order valence-corrected chi connectivity index (χ3v) is 4.67. The first-order chi connectivity index (χ1) is 13.9. The summed E-state index contributed by atoms with van der Waals surface area (Å²) in [4.78, 5) is 8.75. The van der Waals surface area contributed by atoms with E-state index in [0.29, 0.717) is 5.65 Å². The lowest BCUT2D eigenvalue weighted by molar-refractivity contribution is 1.09. The molecular formula is C23H17N5. The minimum Gasteiger partial charge on any atom is -0.339 e. The summed E-state index contributed by atoms with van der Waals surface area (Å²) >= 11 is 0. The Morgan fingerprint density at radius 3 is 2.00 bits per heavy atom. The van der Waals surface area contributed by atoms with Crippen molar-refractivity contribution in [3.8, 4) is 22.4 Å². The number of rotatable bonds is 4. The van der Waals surface area contributed by atoms with Gasteiger partial charge in [-0.15, -0.1) is 0 Å². The van der Waals surface area contributed by atoms with Gasteiger partial charge in [-0.1, -0.05) is 72.8 Å². The molecule has 0 saturated carbocycles. The number of nitrogens with zero attached hydrogens (tertiary/aromatic N) is 3. The van der Waals surface area contributed by atoms with Gasteiger partial charge in [0.05, 0.1) is 11.1 Å². The fourth-order valence-electron chi connectivity index (χ4n) is 3.28. The summed E-state index contributed by atoms with van der Waals surface area (Å²) in [5.74, 6) is 0.727. The van der Waals surface area contributed by atoms with Crippen molar-refractivity contribution >= 4 is 22.5 Å². The maximum absolute atomic E-state index is 4.46. The lowest BCUT2D eigenvalue weighted by atomic mass is 10.1. The van der Waals surface area contributed by atoms with Gasteiger partial charge >= 0.3 is 0 Å². The summed E-state index contributed by atoms with van der Waals surface area (Å²) in [6, 6.07) is 28.7. The van der Waals surface area contributed by atoms with Crippen LogP contribution >= 0.6 is 0 Å². The number of aromatic nitrogens is 4. The summed E-state index contributed by atoms with van der Waals surface area (Å²) in [6.07, 6.45) is 1.53. The van der Waals surface area contributed by atoms with E-state index >= 15 is 0 Å². The van der Waals surface area contributed by atoms with Gasteiger partial charge in [0.1, 0.15) is 12.1 Å². The van der Waals surface area contributed by atoms with Gasteiger partial charge in [0.15, 0.2) is 5.65 Å². The highest BCUT2D eigenvalue weighted by molar-refractivity contribution is 5.99. The first kappa shape index (κ1) is 16.2. The summed E-state index contributed by atoms with van der Waals surface area (Å²) in [6.45, 7) is 0. The van der Waals surface area contributed by atoms with E-state index in [1.807, 2.05) is 48.5 Å². The second-order valence-electron chi connectivity index (χ2n) is 6.45. The Hall–Kier alpha value is -3.99. The molecule has 5 nitrogen and oxygen atoms in total. The SMILES string of the molecule is c1ccc(-c2ccc(Nc3ncnc4n[nH]c(-c5ccccc5)c34)cc2)cc1. The van der Waals surface area contributed by atoms with Crippen molar-refractivity contribution in [1.29, 1.82) is 0 Å². The van der Waals surface area contributed by atoms with Crippen LogP contribution in [0, 0.1) is 0 Å². The number of fused-ring (bicyclic) bond motifs is 1. The van der Waals surface area contributed by atoms with E-state index in [0.717, 1.165) is 28.1 Å². The molecule has 2 N–H and O–H groups in total. The van der Waals surface area contributed by atoms with Crippen LogP contribution in [0.2, 0.25) is 0 Å². The third kappa shape index (κ3) is 2.99. The predicted octanol–water partition coefficient (Wildman–Crippen LogP) is 5.43. The first-order valence-electron chi connectivity index (χ1n) is 9.05. The van der Waals surface area contributed by atoms with E-state index in [4.69, 9.17) is 0 Å². The number of hydrogen-bond donors (Lipinski definition) is 2. The normalized spacial score (nSPS) is 10.9. The summed E-state index contributed by atoms with van der Waals surface area (Å²) in [5.41, 5.74) is 5.91. The fourth-order valence-corrected chi connectivity index (χ4v) is 3.28. The van der Waals surface area contributed by atoms with Crippen LogP contribution in [0.4, 0.5) is 11.5 Å². The average molecular weight is 363 g/mol. The van der Waals surface area contributed by atoms with Crippen LogP contribution in [0.3, 0.4) is 0 Å². The number of benzene rings is 3. The molecule has 0 fully saturated rings. The molecule has 0 amide bonds. The second kappa shape index (κ2) is 6.96. The molecule has 0 aliphatic carbocycles. The van der Waals surface area contributed by atoms with Crippen LogP contribution in [0.25, 0.3) is 33.4 Å². The molecule has 5 heteroatoms. The molecule has 5 aromatic rings. The summed E-state index contributed by atoms with van der Waals surface area (Å²) in [5, 5.41) is 11.7. The molecule has 0 aliphatic rings. The largest absolute Gasteiger partial charge is 0.339 e. The number of hydrogen-bond acceptors (Lipinski definition) is 4. The van der Waals surface area contributed by atoms with Gasteiger partial charge in [-0.05, 0) is 23.3 Å². The molecule has 2 aromatic heterocycles. The van der Waals surface area contributed by atoms with Crippen molar-refractivity contribution in [2.45, 2.75) is 0 Å². The Morgan fingerprint density at radius 2 is 1.29 bits per heavy atom. The fraction of sp³-hybridized carbons (Fsp3) is 0. The van der Waals surface area contributed by atoms with Crippen molar-refractivity contribution in [1.82, 2.24) is 20.2 Å². The van der Waals surface area contributed by atoms with Crippen molar-refractivity contribution in [3.05, 3.63) is 91.3 Å². The van der Waals surface area contributed by atoms with Crippen LogP contribution in [0.15, 0.2) is 91.3 Å². The van der Waals surface area contributed by atoms with Gasteiger partial charge < -0.3 is 5.32 Å². The minimum atomic E-state index is 0.636. The average Bonchev–Trinajstić information content (AvgIpc) is 3.21. The van der Waals surface area contributed by atoms with Crippen LogP contribution < -0.4 is 5.32 Å². The molecule has 0 spiro atoms. The molecule has 0 radical (unpaired) electrons. The van der Waals surface area contributed by atoms with Crippen LogP contribution in [-0.4, -0.2) is 20.2 Å². The molecule has 0 unspecified atom stereocenters. The van der Waals surface area contributed by atoms with E-state index in [9.17, 15) is 0 Å². The van der Waals surface area contributed by atoms with E-state index in [2.05, 4.69) is 61.9 Å². The van der Waals surface area contributed by atoms with Gasteiger partial charge in [0, 0.05) is 11.3 Å². The molecule has 5 rings (SSSR count). The number of nitrogens with one attached hydrogen (secondary N) is 2. The Balaban J connectivity index is 1.51. The van der Waals surface area contributed by atoms with Gasteiger partial charge in [0.2, 0.25) is 0 Å². The van der Waals surface area contributed by atoms with E-state index in [1.165, 1.54) is 17.5 Å². The van der Waals surface area contributed by atoms with E-state index < -0.39 is 0 Å². The van der Waals surface area contributed by atoms with Crippen molar-refractivity contribution in [2.75, 3.05) is 5.32 Å². The summed E-state index contributed by atoms with van der Waals surface area (Å²) < 4.78 is 0. The summed E-state index contributed by atoms with van der Waals surface area (Å²) in [7, 11) is 0. The quantitative estimate of drug-likeness (QED) is 0.447. The molecule has 0 atom stereocenters. The maximum atomic E-state index is 4.46. The zero-order valence-corrected chi connectivity index (χ0v) is 15.0. The Morgan fingerprint density at radius 1 is 0.643 bits per heavy atom. The number of H-pyrrole nitrogens is 1. The highest BCUT2D eigenvalue weighted by atomic mass is 15.2. The van der Waals surface area contributed by atoms with Crippen molar-refractivity contribution in [3.63, 3.8) is 0 Å². The third-order valence-electron chi connectivity index (χ3n) is 4.67. The molecule has 0 saturated heterocycles. The first-order valence-corrected chi connectivity index (χ1v) is 9.05. The van der Waals surface area contributed by atoms with Crippen molar-refractivity contribution in [2.24, 2.45) is 0 Å². The number of aromatic amines is 1. The molecule has 3 aromatic carbocycles. The predicted molar refractivity (Wildman–Crippen MR) is 112 cm³/mol. The zero-order valence-electron chi connectivity index (χ0n) is 15.0. The highest BCUT2D eigenvalue weighted by Crippen LogP contribution is 2.31. The number of anilines is 2. The van der Waals surface area contributed by atoms with Crippen LogP contribution in [0.5, 0.6) is 0 Å². The van der Waals surface area contributed by atoms with Crippen LogP contribution in [0.1, 0.15) is 0 Å². The molecule has 0 aliphatic heterocycles. The lowest BCUT2D eigenvalue weighted by Crippen LogP contribution is -1.96. The minimum absolute atomic E-state index is 0.636. The van der Waals surface area contributed by atoms with E-state index in [-0.39, 0.29) is 0 Å². The van der Waals surface area contributed by atoms with E-state index in [1.54, 1.807) is 0 Å². The Labute approximate surface area is 162 Å². The second-order valence-corrected chi connectivity index (χ2v) is 6.45. The van der Waals surface area contributed by atoms with Gasteiger partial charge in [-0.2, -0.15) is 5.10 Å². The zero-order chi connectivity index (χ0) is 18.8.